The van der Waals surface area contributed by atoms with Gasteiger partial charge in [-0.05, 0) is 31.4 Å². The Kier molecular flexibility index (Phi) is 7.89. The summed E-state index contributed by atoms with van der Waals surface area (Å²) in [5.74, 6) is -1.13. The molecular weight excluding hydrogens is 384 g/mol. The third-order valence-electron chi connectivity index (χ3n) is 3.76. The van der Waals surface area contributed by atoms with Crippen LogP contribution in [-0.2, 0) is 4.79 Å². The Hall–Kier alpha value is -0.890. The van der Waals surface area contributed by atoms with Crippen LogP contribution in [0.25, 0.3) is 6.08 Å². The van der Waals surface area contributed by atoms with Gasteiger partial charge in [-0.25, -0.2) is 4.79 Å². The molecule has 1 aromatic carbocycles. The summed E-state index contributed by atoms with van der Waals surface area (Å²) >= 11 is 6.16. The summed E-state index contributed by atoms with van der Waals surface area (Å²) < 4.78 is 50.1. The summed E-state index contributed by atoms with van der Waals surface area (Å²) in [5.41, 5.74) is -0.401. The summed E-state index contributed by atoms with van der Waals surface area (Å²) in [6, 6.07) is 1.35. The molecule has 0 radical (unpaired) electrons. The minimum absolute atomic E-state index is 0. The van der Waals surface area contributed by atoms with Crippen molar-refractivity contribution in [1.82, 2.24) is 0 Å². The first-order chi connectivity index (χ1) is 11.5. The van der Waals surface area contributed by atoms with E-state index in [1.54, 1.807) is 0 Å². The van der Waals surface area contributed by atoms with Crippen LogP contribution in [0.2, 0.25) is 5.02 Å². The van der Waals surface area contributed by atoms with Crippen LogP contribution in [0.1, 0.15) is 31.4 Å². The topological polar surface area (TPSA) is 55.8 Å². The summed E-state index contributed by atoms with van der Waals surface area (Å²) in [5, 5.41) is 9.24. The standard InChI is InChI=1S/C17H18ClF3O4.Na.H/c1-8(2)4-5-24-14-9(3)13-10(7-12(14)18)6-11(16(22)23)15(25-13)17(19,20)21;;/h6-8,15H,4-5H2,1-3H3,(H,22,23);;/t15-;;/m0../s1. The molecule has 0 amide bonds. The second-order valence-corrected chi connectivity index (χ2v) is 6.61. The third-order valence-corrected chi connectivity index (χ3v) is 4.04. The van der Waals surface area contributed by atoms with Gasteiger partial charge < -0.3 is 14.6 Å². The molecule has 1 atom stereocenters. The van der Waals surface area contributed by atoms with E-state index in [1.807, 2.05) is 13.8 Å². The van der Waals surface area contributed by atoms with Gasteiger partial charge in [-0.15, -0.1) is 0 Å². The molecule has 0 fully saturated rings. The minimum atomic E-state index is -4.85. The van der Waals surface area contributed by atoms with Crippen LogP contribution in [-0.4, -0.2) is 59.5 Å². The number of carboxylic acid groups (broad SMARTS) is 1. The number of benzene rings is 1. The number of hydrogen-bond donors (Lipinski definition) is 1. The van der Waals surface area contributed by atoms with Crippen molar-refractivity contribution >= 4 is 53.2 Å². The number of ether oxygens (including phenoxy) is 2. The fourth-order valence-corrected chi connectivity index (χ4v) is 2.76. The molecule has 0 unspecified atom stereocenters. The number of fused-ring (bicyclic) bond motifs is 1. The first kappa shape index (κ1) is 23.1. The molecule has 0 aliphatic carbocycles. The maximum atomic E-state index is 13.2. The molecular formula is C17H19ClF3NaO4. The van der Waals surface area contributed by atoms with Crippen molar-refractivity contribution in [3.8, 4) is 11.5 Å². The maximum absolute atomic E-state index is 13.2. The van der Waals surface area contributed by atoms with Crippen LogP contribution in [0.4, 0.5) is 13.2 Å². The first-order valence-corrected chi connectivity index (χ1v) is 8.04. The molecule has 1 heterocycles. The van der Waals surface area contributed by atoms with Crippen LogP contribution < -0.4 is 9.47 Å². The zero-order valence-corrected chi connectivity index (χ0v) is 14.7. The molecule has 1 aliphatic rings. The van der Waals surface area contributed by atoms with Crippen molar-refractivity contribution in [1.29, 1.82) is 0 Å². The first-order valence-electron chi connectivity index (χ1n) is 7.66. The van der Waals surface area contributed by atoms with Gasteiger partial charge in [0.1, 0.15) is 11.5 Å². The molecule has 9 heteroatoms. The zero-order valence-electron chi connectivity index (χ0n) is 13.9. The van der Waals surface area contributed by atoms with Crippen molar-refractivity contribution < 1.29 is 32.5 Å². The van der Waals surface area contributed by atoms with Crippen LogP contribution in [0, 0.1) is 12.8 Å². The summed E-state index contributed by atoms with van der Waals surface area (Å²) in [4.78, 5) is 11.2. The van der Waals surface area contributed by atoms with E-state index in [-0.39, 0.29) is 51.6 Å². The Morgan fingerprint density at radius 2 is 2.04 bits per heavy atom. The van der Waals surface area contributed by atoms with E-state index >= 15 is 0 Å². The number of carboxylic acids is 1. The van der Waals surface area contributed by atoms with Gasteiger partial charge in [0.25, 0.3) is 0 Å². The van der Waals surface area contributed by atoms with E-state index in [2.05, 4.69) is 0 Å². The number of rotatable bonds is 5. The molecule has 2 rings (SSSR count). The molecule has 0 bridgehead atoms. The monoisotopic (exact) mass is 402 g/mol. The Labute approximate surface area is 176 Å². The van der Waals surface area contributed by atoms with Gasteiger partial charge in [-0.3, -0.25) is 0 Å². The second-order valence-electron chi connectivity index (χ2n) is 6.21. The van der Waals surface area contributed by atoms with Crippen molar-refractivity contribution in [2.75, 3.05) is 6.61 Å². The number of alkyl halides is 3. The molecule has 1 aromatic rings. The summed E-state index contributed by atoms with van der Waals surface area (Å²) in [6.07, 6.45) is -5.70. The van der Waals surface area contributed by atoms with Crippen LogP contribution in [0.5, 0.6) is 11.5 Å². The molecule has 1 N–H and O–H groups in total. The van der Waals surface area contributed by atoms with Gasteiger partial charge in [0.2, 0.25) is 6.10 Å². The molecule has 140 valence electrons. The average molecular weight is 403 g/mol. The Balaban J connectivity index is 0.00000338. The number of aliphatic carboxylic acids is 1. The normalized spacial score (nSPS) is 16.3. The summed E-state index contributed by atoms with van der Waals surface area (Å²) in [6.45, 7) is 5.91. The molecule has 1 aliphatic heterocycles. The van der Waals surface area contributed by atoms with E-state index in [9.17, 15) is 18.0 Å². The molecule has 0 spiro atoms. The van der Waals surface area contributed by atoms with E-state index in [1.165, 1.54) is 13.0 Å². The van der Waals surface area contributed by atoms with E-state index in [4.69, 9.17) is 26.2 Å². The van der Waals surface area contributed by atoms with E-state index < -0.39 is 23.8 Å². The van der Waals surface area contributed by atoms with Crippen LogP contribution >= 0.6 is 11.6 Å². The molecule has 26 heavy (non-hydrogen) atoms. The van der Waals surface area contributed by atoms with Crippen LogP contribution in [0.3, 0.4) is 0 Å². The molecule has 0 saturated carbocycles. The fourth-order valence-electron chi connectivity index (χ4n) is 2.45. The Morgan fingerprint density at radius 1 is 1.42 bits per heavy atom. The average Bonchev–Trinajstić information content (AvgIpc) is 2.48. The fraction of sp³-hybridized carbons (Fsp3) is 0.471. The van der Waals surface area contributed by atoms with E-state index in [0.29, 0.717) is 18.1 Å². The van der Waals surface area contributed by atoms with Crippen molar-refractivity contribution in [2.24, 2.45) is 5.92 Å². The zero-order chi connectivity index (χ0) is 18.9. The third kappa shape index (κ3) is 5.09. The SMILES string of the molecule is Cc1c(OCCC(C)C)c(Cl)cc2c1O[C@H](C(F)(F)F)C(C(=O)O)=C2.[NaH]. The number of carbonyl (C=O) groups is 1. The van der Waals surface area contributed by atoms with Gasteiger partial charge in [-0.1, -0.05) is 25.4 Å². The number of hydrogen-bond acceptors (Lipinski definition) is 3. The molecule has 0 saturated heterocycles. The van der Waals surface area contributed by atoms with Gasteiger partial charge in [0.15, 0.2) is 0 Å². The van der Waals surface area contributed by atoms with Crippen LogP contribution in [0.15, 0.2) is 11.6 Å². The predicted molar refractivity (Wildman–Crippen MR) is 94.4 cm³/mol. The van der Waals surface area contributed by atoms with Gasteiger partial charge in [0.05, 0.1) is 17.2 Å². The van der Waals surface area contributed by atoms with Gasteiger partial charge >= 0.3 is 41.7 Å². The van der Waals surface area contributed by atoms with Crippen molar-refractivity contribution in [3.63, 3.8) is 0 Å². The summed E-state index contributed by atoms with van der Waals surface area (Å²) in [7, 11) is 0. The van der Waals surface area contributed by atoms with Crippen molar-refractivity contribution in [2.45, 2.75) is 39.5 Å². The Morgan fingerprint density at radius 3 is 2.54 bits per heavy atom. The van der Waals surface area contributed by atoms with Crippen molar-refractivity contribution in [3.05, 3.63) is 27.8 Å². The quantitative estimate of drug-likeness (QED) is 0.749. The Bertz CT molecular complexity index is 717. The molecule has 0 aromatic heterocycles. The van der Waals surface area contributed by atoms with Gasteiger partial charge in [-0.2, -0.15) is 13.2 Å². The number of halogens is 4. The predicted octanol–water partition coefficient (Wildman–Crippen LogP) is 4.22. The van der Waals surface area contributed by atoms with Gasteiger partial charge in [0, 0.05) is 11.1 Å². The second kappa shape index (κ2) is 8.87. The molecule has 4 nitrogen and oxygen atoms in total. The van der Waals surface area contributed by atoms with E-state index in [0.717, 1.165) is 12.5 Å².